The van der Waals surface area contributed by atoms with Crippen molar-refractivity contribution in [2.75, 3.05) is 72.3 Å². The molecule has 0 heterocycles. The van der Waals surface area contributed by atoms with Crippen LogP contribution >= 0.6 is 0 Å². The lowest BCUT2D eigenvalue weighted by molar-refractivity contribution is -0.146. The van der Waals surface area contributed by atoms with Crippen molar-refractivity contribution >= 4 is 24.2 Å². The Labute approximate surface area is 490 Å². The highest BCUT2D eigenvalue weighted by Gasteiger charge is 2.21. The van der Waals surface area contributed by atoms with E-state index < -0.39 is 12.3 Å². The summed E-state index contributed by atoms with van der Waals surface area (Å²) in [5, 5.41) is 0. The molecule has 0 amide bonds. The van der Waals surface area contributed by atoms with Gasteiger partial charge < -0.3 is 38.1 Å². The summed E-state index contributed by atoms with van der Waals surface area (Å²) in [6.07, 6.45) is 31.3. The first-order valence-electron chi connectivity index (χ1n) is 33.1. The van der Waals surface area contributed by atoms with E-state index in [2.05, 4.69) is 70.4 Å². The summed E-state index contributed by atoms with van der Waals surface area (Å²) >= 11 is 0. The molecule has 80 heavy (non-hydrogen) atoms. The number of carbonyl (C=O) groups excluding carboxylic acids is 4. The number of unbranched alkanes of at least 4 members (excludes halogenated alkanes) is 15. The second kappa shape index (κ2) is 54.8. The predicted octanol–water partition coefficient (Wildman–Crippen LogP) is 17.6. The average Bonchev–Trinajstić information content (AvgIpc) is 3.45. The second-order valence-electron chi connectivity index (χ2n) is 22.8. The zero-order chi connectivity index (χ0) is 58.4. The maximum atomic E-state index is 13.3. The lowest BCUT2D eigenvalue weighted by atomic mass is 9.96. The van der Waals surface area contributed by atoms with E-state index >= 15 is 0 Å². The molecule has 2 unspecified atom stereocenters. The van der Waals surface area contributed by atoms with Crippen LogP contribution in [0.1, 0.15) is 272 Å². The number of rotatable bonds is 57. The smallest absolute Gasteiger partial charge is 0.465 e. The molecule has 0 saturated carbocycles. The molecular formula is C67H122N2O11. The Balaban J connectivity index is 2.91. The van der Waals surface area contributed by atoms with Crippen molar-refractivity contribution in [3.8, 4) is 0 Å². The number of likely N-dealkylation sites (N-methyl/N-ethyl adjacent to an activating group) is 1. The molecule has 0 aliphatic rings. The highest BCUT2D eigenvalue weighted by Crippen LogP contribution is 2.22. The van der Waals surface area contributed by atoms with Crippen LogP contribution in [0.4, 0.5) is 9.59 Å². The van der Waals surface area contributed by atoms with Crippen LogP contribution in [0, 0.1) is 11.8 Å². The van der Waals surface area contributed by atoms with E-state index in [1.54, 1.807) is 0 Å². The molecule has 0 aromatic heterocycles. The number of carbonyl (C=O) groups is 4. The van der Waals surface area contributed by atoms with Crippen LogP contribution in [0.3, 0.4) is 0 Å². The van der Waals surface area contributed by atoms with Gasteiger partial charge in [-0.15, -0.1) is 0 Å². The summed E-state index contributed by atoms with van der Waals surface area (Å²) in [7, 11) is 0. The third-order valence-corrected chi connectivity index (χ3v) is 15.5. The minimum absolute atomic E-state index is 0.112. The molecule has 1 aromatic rings. The number of esters is 2. The number of hydrogen-bond acceptors (Lipinski definition) is 13. The third-order valence-electron chi connectivity index (χ3n) is 15.5. The molecule has 2 atom stereocenters. The first-order valence-corrected chi connectivity index (χ1v) is 33.1. The molecule has 0 fully saturated rings. The van der Waals surface area contributed by atoms with Crippen LogP contribution in [0.25, 0.3) is 0 Å². The summed E-state index contributed by atoms with van der Waals surface area (Å²) < 4.78 is 40.9. The van der Waals surface area contributed by atoms with Crippen molar-refractivity contribution in [2.45, 2.75) is 286 Å². The molecule has 1 rings (SSSR count). The van der Waals surface area contributed by atoms with Gasteiger partial charge in [0.05, 0.1) is 19.8 Å². The van der Waals surface area contributed by atoms with Gasteiger partial charge in [-0.1, -0.05) is 194 Å². The van der Waals surface area contributed by atoms with E-state index in [0.29, 0.717) is 96.4 Å². The molecule has 13 nitrogen and oxygen atoms in total. The largest absolute Gasteiger partial charge is 0.508 e. The van der Waals surface area contributed by atoms with Crippen molar-refractivity contribution in [3.05, 3.63) is 35.9 Å². The Kier molecular flexibility index (Phi) is 51.1. The van der Waals surface area contributed by atoms with Crippen LogP contribution in [0.15, 0.2) is 30.3 Å². The van der Waals surface area contributed by atoms with E-state index in [0.717, 1.165) is 122 Å². The van der Waals surface area contributed by atoms with Gasteiger partial charge >= 0.3 is 24.2 Å². The van der Waals surface area contributed by atoms with Crippen molar-refractivity contribution in [3.63, 3.8) is 0 Å². The number of hydrogen-bond donors (Lipinski definition) is 0. The van der Waals surface area contributed by atoms with Crippen molar-refractivity contribution in [2.24, 2.45) is 11.8 Å². The third kappa shape index (κ3) is 45.1. The molecule has 13 heteroatoms. The molecule has 1 aromatic carbocycles. The van der Waals surface area contributed by atoms with Gasteiger partial charge in [0.2, 0.25) is 0 Å². The van der Waals surface area contributed by atoms with Crippen molar-refractivity contribution < 1.29 is 52.3 Å². The van der Waals surface area contributed by atoms with Gasteiger partial charge in [-0.2, -0.15) is 0 Å². The molecule has 466 valence electrons. The molecule has 0 saturated heterocycles. The van der Waals surface area contributed by atoms with E-state index in [9.17, 15) is 19.2 Å². The number of ether oxygens (including phenoxy) is 7. The van der Waals surface area contributed by atoms with E-state index in [1.165, 1.54) is 82.6 Å². The van der Waals surface area contributed by atoms with Gasteiger partial charge in [0.25, 0.3) is 0 Å². The normalized spacial score (nSPS) is 12.3. The topological polar surface area (TPSA) is 139 Å². The Hall–Kier alpha value is -3.42. The van der Waals surface area contributed by atoms with E-state index in [1.807, 2.05) is 18.2 Å². The van der Waals surface area contributed by atoms with E-state index in [-0.39, 0.29) is 37.4 Å². The fraction of sp³-hybridized carbons (Fsp3) is 0.851. The fourth-order valence-electron chi connectivity index (χ4n) is 10.2. The average molecular weight is 1130 g/mol. The predicted molar refractivity (Wildman–Crippen MR) is 327 cm³/mol. The first kappa shape index (κ1) is 74.6. The number of benzene rings is 1. The second-order valence-corrected chi connectivity index (χ2v) is 22.8. The summed E-state index contributed by atoms with van der Waals surface area (Å²) in [4.78, 5) is 57.0. The van der Waals surface area contributed by atoms with Crippen LogP contribution in [-0.4, -0.2) is 119 Å². The molecular weight excluding hydrogens is 1010 g/mol. The Morgan fingerprint density at radius 2 is 0.787 bits per heavy atom. The lowest BCUT2D eigenvalue weighted by Crippen LogP contribution is -2.39. The standard InChI is InChI=1S/C67H122N2O11/c1-8-15-21-30-42-62(44-34-46-64(70)77-57-60(36-24-17-10-3)37-25-18-11-4)79-66(72)75-54-51-69(50-49-68(14-7)48-32-33-53-74-56-59-40-28-23-29-41-59)52-55-76-67(73)80-63(43-31-22-16-9-2)45-35-47-65(71)78-58-61(38-26-19-12-5)39-27-20-13-6/h23,28-29,40-41,60-63H,8-22,24-27,30-39,42-58H2,1-7H3. The summed E-state index contributed by atoms with van der Waals surface area (Å²) in [6, 6.07) is 10.2. The van der Waals surface area contributed by atoms with Crippen LogP contribution < -0.4 is 0 Å². The van der Waals surface area contributed by atoms with Gasteiger partial charge in [0.1, 0.15) is 25.4 Å². The molecule has 0 N–H and O–H groups in total. The monoisotopic (exact) mass is 1130 g/mol. The SMILES string of the molecule is CCCCCCC(CCCC(=O)OCC(CCCCC)CCCCC)OC(=O)OCCN(CCOC(=O)OC(CCCCCC)CCCC(=O)OCC(CCCCC)CCCCC)CCN(CC)CCCCOCc1ccccc1. The summed E-state index contributed by atoms with van der Waals surface area (Å²) in [5.41, 5.74) is 1.17. The highest BCUT2D eigenvalue weighted by atomic mass is 16.7. The fourth-order valence-corrected chi connectivity index (χ4v) is 10.2. The Morgan fingerprint density at radius 3 is 1.21 bits per heavy atom. The van der Waals surface area contributed by atoms with Gasteiger partial charge in [0.15, 0.2) is 0 Å². The van der Waals surface area contributed by atoms with Gasteiger partial charge in [-0.25, -0.2) is 9.59 Å². The molecule has 0 aliphatic carbocycles. The van der Waals surface area contributed by atoms with E-state index in [4.69, 9.17) is 33.2 Å². The minimum atomic E-state index is -0.702. The Morgan fingerprint density at radius 1 is 0.388 bits per heavy atom. The summed E-state index contributed by atoms with van der Waals surface area (Å²) in [5.74, 6) is 0.483. The van der Waals surface area contributed by atoms with Crippen molar-refractivity contribution in [1.29, 1.82) is 0 Å². The van der Waals surface area contributed by atoms with Gasteiger partial charge in [-0.05, 0) is 120 Å². The molecule has 0 radical (unpaired) electrons. The summed E-state index contributed by atoms with van der Waals surface area (Å²) in [6.45, 7) is 22.0. The maximum absolute atomic E-state index is 13.3. The minimum Gasteiger partial charge on any atom is -0.465 e. The van der Waals surface area contributed by atoms with Crippen LogP contribution in [0.2, 0.25) is 0 Å². The first-order chi connectivity index (χ1) is 39.1. The highest BCUT2D eigenvalue weighted by molar-refractivity contribution is 5.69. The molecule has 0 aliphatic heterocycles. The zero-order valence-corrected chi connectivity index (χ0v) is 52.6. The van der Waals surface area contributed by atoms with Gasteiger partial charge in [0, 0.05) is 45.6 Å². The van der Waals surface area contributed by atoms with Crippen LogP contribution in [0.5, 0.6) is 0 Å². The number of nitrogens with zero attached hydrogens (tertiary/aromatic N) is 2. The van der Waals surface area contributed by atoms with Crippen LogP contribution in [-0.2, 0) is 49.4 Å². The Bertz CT molecular complexity index is 1470. The molecule has 0 bridgehead atoms. The van der Waals surface area contributed by atoms with Crippen molar-refractivity contribution in [1.82, 2.24) is 9.80 Å². The quantitative estimate of drug-likeness (QED) is 0.0348. The zero-order valence-electron chi connectivity index (χ0n) is 52.6. The maximum Gasteiger partial charge on any atom is 0.508 e. The lowest BCUT2D eigenvalue weighted by Gasteiger charge is -2.27. The molecule has 0 spiro atoms. The van der Waals surface area contributed by atoms with Gasteiger partial charge in [-0.3, -0.25) is 14.5 Å².